The second-order valence-electron chi connectivity index (χ2n) is 5.45. The highest BCUT2D eigenvalue weighted by Crippen LogP contribution is 2.42. The van der Waals surface area contributed by atoms with E-state index in [-0.39, 0.29) is 24.4 Å². The molecule has 3 heterocycles. The Labute approximate surface area is 90.2 Å². The van der Waals surface area contributed by atoms with E-state index in [4.69, 9.17) is 9.47 Å². The third-order valence-corrected chi connectivity index (χ3v) is 3.98. The van der Waals surface area contributed by atoms with Crippen LogP contribution in [-0.4, -0.2) is 52.7 Å². The number of aliphatic hydroxyl groups is 1. The fourth-order valence-corrected chi connectivity index (χ4v) is 3.27. The molecule has 4 heteroatoms. The average molecular weight is 213 g/mol. The van der Waals surface area contributed by atoms with Gasteiger partial charge in [0.25, 0.3) is 0 Å². The van der Waals surface area contributed by atoms with Crippen molar-refractivity contribution in [3.8, 4) is 0 Å². The lowest BCUT2D eigenvalue weighted by atomic mass is 10.1. The lowest BCUT2D eigenvalue weighted by Gasteiger charge is -2.26. The van der Waals surface area contributed by atoms with Gasteiger partial charge in [0, 0.05) is 18.6 Å². The highest BCUT2D eigenvalue weighted by Gasteiger charge is 2.57. The Bertz CT molecular complexity index is 281. The molecule has 3 saturated heterocycles. The first kappa shape index (κ1) is 10.0. The van der Waals surface area contributed by atoms with Gasteiger partial charge in [-0.1, -0.05) is 0 Å². The molecule has 3 fully saturated rings. The van der Waals surface area contributed by atoms with Crippen molar-refractivity contribution in [2.75, 3.05) is 6.54 Å². The van der Waals surface area contributed by atoms with E-state index in [1.807, 2.05) is 13.8 Å². The van der Waals surface area contributed by atoms with E-state index in [9.17, 15) is 5.11 Å². The van der Waals surface area contributed by atoms with E-state index in [0.717, 1.165) is 13.0 Å². The summed E-state index contributed by atoms with van der Waals surface area (Å²) in [4.78, 5) is 2.33. The molecule has 15 heavy (non-hydrogen) atoms. The lowest BCUT2D eigenvalue weighted by Crippen LogP contribution is -2.37. The molecule has 0 aromatic heterocycles. The van der Waals surface area contributed by atoms with E-state index in [1.165, 1.54) is 0 Å². The largest absolute Gasteiger partial charge is 0.391 e. The zero-order valence-corrected chi connectivity index (χ0v) is 9.51. The maximum absolute atomic E-state index is 9.82. The summed E-state index contributed by atoms with van der Waals surface area (Å²) in [5.74, 6) is -0.446. The molecule has 0 aromatic rings. The number of aliphatic hydroxyl groups excluding tert-OH is 1. The minimum absolute atomic E-state index is 0.152. The second kappa shape index (κ2) is 2.94. The molecule has 0 bridgehead atoms. The molecule has 3 aliphatic heterocycles. The third-order valence-electron chi connectivity index (χ3n) is 3.98. The van der Waals surface area contributed by atoms with Crippen LogP contribution < -0.4 is 0 Å². The average Bonchev–Trinajstić information content (AvgIpc) is 2.66. The predicted octanol–water partition coefficient (Wildman–Crippen LogP) is 0.344. The fourth-order valence-electron chi connectivity index (χ4n) is 3.27. The van der Waals surface area contributed by atoms with Gasteiger partial charge >= 0.3 is 0 Å². The number of rotatable bonds is 0. The number of fused-ring (bicyclic) bond motifs is 3. The number of ether oxygens (including phenoxy) is 2. The van der Waals surface area contributed by atoms with Crippen LogP contribution in [0.3, 0.4) is 0 Å². The van der Waals surface area contributed by atoms with Crippen molar-refractivity contribution in [1.82, 2.24) is 4.90 Å². The number of hydrogen-bond donors (Lipinski definition) is 1. The quantitative estimate of drug-likeness (QED) is 0.630. The van der Waals surface area contributed by atoms with E-state index in [0.29, 0.717) is 6.04 Å². The summed E-state index contributed by atoms with van der Waals surface area (Å²) >= 11 is 0. The fraction of sp³-hybridized carbons (Fsp3) is 1.00. The van der Waals surface area contributed by atoms with Crippen molar-refractivity contribution >= 4 is 0 Å². The molecular formula is C11H19NO3. The summed E-state index contributed by atoms with van der Waals surface area (Å²) in [7, 11) is 0. The van der Waals surface area contributed by atoms with Crippen LogP contribution >= 0.6 is 0 Å². The maximum atomic E-state index is 9.82. The van der Waals surface area contributed by atoms with Gasteiger partial charge in [0.15, 0.2) is 5.79 Å². The van der Waals surface area contributed by atoms with Gasteiger partial charge in [0.1, 0.15) is 12.2 Å². The monoisotopic (exact) mass is 213 g/mol. The molecule has 1 N–H and O–H groups in total. The minimum Gasteiger partial charge on any atom is -0.391 e. The standard InChI is InChI=1S/C11H19NO3/c1-6-8(13)4-7-10-9(5-12(6)7)14-11(2,3)15-10/h6-10,13H,4-5H2,1-3H3/t6-,7+,8+,9-,10+/m0/s1. The van der Waals surface area contributed by atoms with Crippen LogP contribution in [0, 0.1) is 0 Å². The summed E-state index contributed by atoms with van der Waals surface area (Å²) < 4.78 is 11.8. The Balaban J connectivity index is 1.80. The smallest absolute Gasteiger partial charge is 0.163 e. The molecule has 0 aromatic carbocycles. The Morgan fingerprint density at radius 3 is 2.80 bits per heavy atom. The highest BCUT2D eigenvalue weighted by molar-refractivity contribution is 5.07. The molecule has 0 amide bonds. The molecule has 3 rings (SSSR count). The van der Waals surface area contributed by atoms with Crippen LogP contribution in [0.25, 0.3) is 0 Å². The van der Waals surface area contributed by atoms with Crippen molar-refractivity contribution in [3.63, 3.8) is 0 Å². The summed E-state index contributed by atoms with van der Waals surface area (Å²) in [6.07, 6.45) is 0.963. The normalized spacial score (nSPS) is 53.2. The van der Waals surface area contributed by atoms with Crippen molar-refractivity contribution in [1.29, 1.82) is 0 Å². The molecule has 0 unspecified atom stereocenters. The van der Waals surface area contributed by atoms with Gasteiger partial charge in [0.2, 0.25) is 0 Å². The summed E-state index contributed by atoms with van der Waals surface area (Å²) in [5.41, 5.74) is 0. The molecular weight excluding hydrogens is 194 g/mol. The molecule has 3 aliphatic rings. The molecule has 0 spiro atoms. The Morgan fingerprint density at radius 1 is 1.33 bits per heavy atom. The summed E-state index contributed by atoms with van der Waals surface area (Å²) in [5, 5.41) is 9.82. The number of nitrogens with zero attached hydrogens (tertiary/aromatic N) is 1. The maximum Gasteiger partial charge on any atom is 0.163 e. The van der Waals surface area contributed by atoms with Gasteiger partial charge in [-0.2, -0.15) is 0 Å². The van der Waals surface area contributed by atoms with Gasteiger partial charge < -0.3 is 14.6 Å². The first-order chi connectivity index (χ1) is 6.98. The van der Waals surface area contributed by atoms with Gasteiger partial charge in [-0.3, -0.25) is 4.90 Å². The minimum atomic E-state index is -0.446. The zero-order chi connectivity index (χ0) is 10.8. The first-order valence-corrected chi connectivity index (χ1v) is 5.77. The van der Waals surface area contributed by atoms with Crippen LogP contribution in [0.4, 0.5) is 0 Å². The van der Waals surface area contributed by atoms with E-state index in [1.54, 1.807) is 0 Å². The first-order valence-electron chi connectivity index (χ1n) is 5.77. The zero-order valence-electron chi connectivity index (χ0n) is 9.51. The van der Waals surface area contributed by atoms with Crippen LogP contribution in [-0.2, 0) is 9.47 Å². The van der Waals surface area contributed by atoms with Crippen LogP contribution in [0.1, 0.15) is 27.2 Å². The molecule has 0 saturated carbocycles. The van der Waals surface area contributed by atoms with Crippen LogP contribution in [0.15, 0.2) is 0 Å². The molecule has 86 valence electrons. The van der Waals surface area contributed by atoms with Crippen molar-refractivity contribution in [2.24, 2.45) is 0 Å². The van der Waals surface area contributed by atoms with Gasteiger partial charge in [-0.05, 0) is 27.2 Å². The summed E-state index contributed by atoms with van der Waals surface area (Å²) in [6.45, 7) is 6.91. The van der Waals surface area contributed by atoms with Crippen molar-refractivity contribution in [3.05, 3.63) is 0 Å². The van der Waals surface area contributed by atoms with Gasteiger partial charge in [-0.15, -0.1) is 0 Å². The Kier molecular flexibility index (Phi) is 1.97. The van der Waals surface area contributed by atoms with Crippen molar-refractivity contribution < 1.29 is 14.6 Å². The van der Waals surface area contributed by atoms with E-state index in [2.05, 4.69) is 11.8 Å². The van der Waals surface area contributed by atoms with E-state index < -0.39 is 5.79 Å². The van der Waals surface area contributed by atoms with Crippen LogP contribution in [0.2, 0.25) is 0 Å². The molecule has 4 nitrogen and oxygen atoms in total. The van der Waals surface area contributed by atoms with Crippen LogP contribution in [0.5, 0.6) is 0 Å². The lowest BCUT2D eigenvalue weighted by molar-refractivity contribution is -0.160. The second-order valence-corrected chi connectivity index (χ2v) is 5.45. The molecule has 0 aliphatic carbocycles. The highest BCUT2D eigenvalue weighted by atomic mass is 16.8. The van der Waals surface area contributed by atoms with Crippen molar-refractivity contribution in [2.45, 2.75) is 63.4 Å². The van der Waals surface area contributed by atoms with Gasteiger partial charge in [-0.25, -0.2) is 0 Å². The topological polar surface area (TPSA) is 41.9 Å². The Morgan fingerprint density at radius 2 is 2.07 bits per heavy atom. The SMILES string of the molecule is C[C@H]1[C@H](O)C[C@@H]2[C@H]3OC(C)(C)O[C@H]3CN21. The molecule has 0 radical (unpaired) electrons. The van der Waals surface area contributed by atoms with Gasteiger partial charge in [0.05, 0.1) is 6.10 Å². The molecule has 5 atom stereocenters. The third kappa shape index (κ3) is 1.35. The number of hydrogen-bond acceptors (Lipinski definition) is 4. The predicted molar refractivity (Wildman–Crippen MR) is 54.4 cm³/mol. The Hall–Kier alpha value is -0.160. The summed E-state index contributed by atoms with van der Waals surface area (Å²) in [6, 6.07) is 0.595. The van der Waals surface area contributed by atoms with E-state index >= 15 is 0 Å².